The van der Waals surface area contributed by atoms with Crippen LogP contribution in [0.15, 0.2) is 48.5 Å². The van der Waals surface area contributed by atoms with E-state index in [4.69, 9.17) is 9.84 Å². The molecule has 0 aliphatic heterocycles. The third-order valence-corrected chi connectivity index (χ3v) is 5.93. The number of hydrogen-bond donors (Lipinski definition) is 4. The molecule has 0 radical (unpaired) electrons. The Kier molecular flexibility index (Phi) is 6.30. The lowest BCUT2D eigenvalue weighted by atomic mass is 9.98. The van der Waals surface area contributed by atoms with Gasteiger partial charge in [0.25, 0.3) is 0 Å². The van der Waals surface area contributed by atoms with Gasteiger partial charge in [0.15, 0.2) is 0 Å². The Morgan fingerprint density at radius 1 is 0.879 bits per heavy atom. The summed E-state index contributed by atoms with van der Waals surface area (Å²) >= 11 is 0. The number of fused-ring (bicyclic) bond motifs is 3. The van der Waals surface area contributed by atoms with E-state index in [1.165, 1.54) is 0 Å². The van der Waals surface area contributed by atoms with Crippen molar-refractivity contribution in [1.82, 2.24) is 16.0 Å². The number of benzene rings is 2. The van der Waals surface area contributed by atoms with Crippen LogP contribution in [0.25, 0.3) is 11.1 Å². The predicted molar refractivity (Wildman–Crippen MR) is 118 cm³/mol. The molecular formula is C24H25N3O6. The lowest BCUT2D eigenvalue weighted by Crippen LogP contribution is -2.46. The molecule has 2 aromatic carbocycles. The molecule has 33 heavy (non-hydrogen) atoms. The fraction of sp³-hybridized carbons (Fsp3) is 0.333. The van der Waals surface area contributed by atoms with E-state index in [1.807, 2.05) is 48.5 Å². The van der Waals surface area contributed by atoms with Crippen molar-refractivity contribution in [3.05, 3.63) is 59.7 Å². The van der Waals surface area contributed by atoms with Crippen molar-refractivity contribution >= 4 is 23.9 Å². The largest absolute Gasteiger partial charge is 0.481 e. The molecule has 0 spiro atoms. The van der Waals surface area contributed by atoms with Gasteiger partial charge >= 0.3 is 12.1 Å². The summed E-state index contributed by atoms with van der Waals surface area (Å²) < 4.78 is 5.36. The van der Waals surface area contributed by atoms with Gasteiger partial charge in [0.1, 0.15) is 13.2 Å². The van der Waals surface area contributed by atoms with Gasteiger partial charge in [0, 0.05) is 5.92 Å². The highest BCUT2D eigenvalue weighted by Gasteiger charge is 2.45. The molecule has 1 fully saturated rings. The highest BCUT2D eigenvalue weighted by atomic mass is 16.5. The minimum absolute atomic E-state index is 0.0822. The van der Waals surface area contributed by atoms with E-state index < -0.39 is 29.4 Å². The molecule has 3 amide bonds. The second-order valence-corrected chi connectivity index (χ2v) is 8.35. The molecule has 1 saturated carbocycles. The van der Waals surface area contributed by atoms with Crippen LogP contribution < -0.4 is 16.0 Å². The molecule has 0 heterocycles. The van der Waals surface area contributed by atoms with Gasteiger partial charge in [-0.25, -0.2) is 4.79 Å². The topological polar surface area (TPSA) is 134 Å². The molecule has 9 nitrogen and oxygen atoms in total. The molecule has 4 N–H and O–H groups in total. The van der Waals surface area contributed by atoms with Crippen LogP contribution in [0.5, 0.6) is 0 Å². The van der Waals surface area contributed by atoms with Gasteiger partial charge in [0.2, 0.25) is 11.8 Å². The molecule has 2 aromatic rings. The molecule has 172 valence electrons. The van der Waals surface area contributed by atoms with Crippen LogP contribution in [0.4, 0.5) is 4.79 Å². The van der Waals surface area contributed by atoms with Gasteiger partial charge < -0.3 is 25.8 Å². The van der Waals surface area contributed by atoms with Gasteiger partial charge in [0.05, 0.1) is 18.5 Å². The number of amides is 3. The van der Waals surface area contributed by atoms with Crippen molar-refractivity contribution in [2.75, 3.05) is 19.7 Å². The normalized spacial score (nSPS) is 15.0. The summed E-state index contributed by atoms with van der Waals surface area (Å²) in [6, 6.07) is 16.0. The second kappa shape index (κ2) is 9.32. The van der Waals surface area contributed by atoms with Crippen LogP contribution in [-0.2, 0) is 19.1 Å². The van der Waals surface area contributed by atoms with Crippen LogP contribution in [0.1, 0.15) is 36.3 Å². The molecule has 2 aliphatic carbocycles. The first-order chi connectivity index (χ1) is 15.9. The smallest absolute Gasteiger partial charge is 0.407 e. The van der Waals surface area contributed by atoms with Crippen LogP contribution >= 0.6 is 0 Å². The molecule has 0 unspecified atom stereocenters. The van der Waals surface area contributed by atoms with Gasteiger partial charge in [-0.15, -0.1) is 0 Å². The molecule has 0 aromatic heterocycles. The monoisotopic (exact) mass is 451 g/mol. The van der Waals surface area contributed by atoms with Crippen molar-refractivity contribution in [2.45, 2.75) is 30.7 Å². The first-order valence-electron chi connectivity index (χ1n) is 10.8. The van der Waals surface area contributed by atoms with E-state index in [9.17, 15) is 19.2 Å². The Morgan fingerprint density at radius 3 is 2.03 bits per heavy atom. The molecule has 0 atom stereocenters. The second-order valence-electron chi connectivity index (χ2n) is 8.35. The molecule has 2 aliphatic rings. The zero-order valence-electron chi connectivity index (χ0n) is 17.9. The fourth-order valence-corrected chi connectivity index (χ4v) is 4.17. The first-order valence-corrected chi connectivity index (χ1v) is 10.8. The van der Waals surface area contributed by atoms with E-state index in [1.54, 1.807) is 0 Å². The van der Waals surface area contributed by atoms with Crippen LogP contribution in [0.3, 0.4) is 0 Å². The lowest BCUT2D eigenvalue weighted by Gasteiger charge is -2.16. The number of hydrogen-bond acceptors (Lipinski definition) is 5. The van der Waals surface area contributed by atoms with Gasteiger partial charge in [-0.2, -0.15) is 0 Å². The van der Waals surface area contributed by atoms with Crippen LogP contribution in [0, 0.1) is 0 Å². The quantitative estimate of drug-likeness (QED) is 0.459. The third kappa shape index (κ3) is 5.31. The summed E-state index contributed by atoms with van der Waals surface area (Å²) in [5.74, 6) is -2.09. The molecular weight excluding hydrogens is 426 g/mol. The Balaban J connectivity index is 1.20. The zero-order valence-corrected chi connectivity index (χ0v) is 17.9. The van der Waals surface area contributed by atoms with Crippen LogP contribution in [-0.4, -0.2) is 54.2 Å². The number of aliphatic carboxylic acids is 1. The van der Waals surface area contributed by atoms with E-state index >= 15 is 0 Å². The maximum atomic E-state index is 12.1. The average molecular weight is 451 g/mol. The summed E-state index contributed by atoms with van der Waals surface area (Å²) in [6.45, 7) is -0.508. The minimum atomic E-state index is -0.982. The SMILES string of the molecule is O=C(O)CC1(NC(=O)CNC(=O)CNC(=O)OCC2c3ccccc3-c3ccccc32)CC1. The van der Waals surface area contributed by atoms with Crippen molar-refractivity contribution in [2.24, 2.45) is 0 Å². The summed E-state index contributed by atoms with van der Waals surface area (Å²) in [5.41, 5.74) is 3.72. The molecule has 0 saturated heterocycles. The van der Waals surface area contributed by atoms with Crippen molar-refractivity contribution in [3.8, 4) is 11.1 Å². The van der Waals surface area contributed by atoms with Gasteiger partial charge in [-0.3, -0.25) is 14.4 Å². The summed E-state index contributed by atoms with van der Waals surface area (Å²) in [6.07, 6.45) is 0.329. The van der Waals surface area contributed by atoms with Crippen molar-refractivity contribution in [1.29, 1.82) is 0 Å². The number of ether oxygens (including phenoxy) is 1. The number of carboxylic acid groups (broad SMARTS) is 1. The number of carbonyl (C=O) groups excluding carboxylic acids is 3. The number of carbonyl (C=O) groups is 4. The number of carboxylic acids is 1. The van der Waals surface area contributed by atoms with Gasteiger partial charge in [-0.05, 0) is 35.1 Å². The average Bonchev–Trinajstić information content (AvgIpc) is 3.46. The van der Waals surface area contributed by atoms with E-state index in [0.29, 0.717) is 12.8 Å². The summed E-state index contributed by atoms with van der Waals surface area (Å²) in [4.78, 5) is 46.8. The van der Waals surface area contributed by atoms with E-state index in [2.05, 4.69) is 16.0 Å². The predicted octanol–water partition coefficient (Wildman–Crippen LogP) is 1.76. The Morgan fingerprint density at radius 2 is 1.45 bits per heavy atom. The third-order valence-electron chi connectivity index (χ3n) is 5.93. The number of nitrogens with one attached hydrogen (secondary N) is 3. The minimum Gasteiger partial charge on any atom is -0.481 e. The van der Waals surface area contributed by atoms with Crippen LogP contribution in [0.2, 0.25) is 0 Å². The molecule has 0 bridgehead atoms. The van der Waals surface area contributed by atoms with E-state index in [0.717, 1.165) is 22.3 Å². The Labute approximate surface area is 190 Å². The highest BCUT2D eigenvalue weighted by molar-refractivity contribution is 5.88. The number of rotatable bonds is 9. The molecule has 9 heteroatoms. The number of alkyl carbamates (subject to hydrolysis) is 1. The standard InChI is InChI=1S/C24H25N3O6/c28-20(25-13-21(29)27-24(9-10-24)11-22(30)31)12-26-23(32)33-14-19-17-7-3-1-5-15(17)16-6-2-4-8-18(16)19/h1-8,19H,9-14H2,(H,25,28)(H,26,32)(H,27,29)(H,30,31). The van der Waals surface area contributed by atoms with Crippen molar-refractivity contribution < 1.29 is 29.0 Å². The highest BCUT2D eigenvalue weighted by Crippen LogP contribution is 2.44. The fourth-order valence-electron chi connectivity index (χ4n) is 4.17. The van der Waals surface area contributed by atoms with Crippen molar-refractivity contribution in [3.63, 3.8) is 0 Å². The first kappa shape index (κ1) is 22.3. The Bertz CT molecular complexity index is 1050. The maximum Gasteiger partial charge on any atom is 0.407 e. The van der Waals surface area contributed by atoms with Gasteiger partial charge in [-0.1, -0.05) is 48.5 Å². The van der Waals surface area contributed by atoms with E-state index in [-0.39, 0.29) is 32.0 Å². The summed E-state index contributed by atoms with van der Waals surface area (Å²) in [7, 11) is 0. The summed E-state index contributed by atoms with van der Waals surface area (Å²) in [5, 5.41) is 16.3. The lowest BCUT2D eigenvalue weighted by molar-refractivity contribution is -0.138. The zero-order chi connectivity index (χ0) is 23.4. The Hall–Kier alpha value is -3.88. The molecule has 4 rings (SSSR count). The maximum absolute atomic E-state index is 12.1.